The van der Waals surface area contributed by atoms with Crippen molar-refractivity contribution in [1.82, 2.24) is 5.32 Å². The molecular weight excluding hydrogens is 334 g/mol. The highest BCUT2D eigenvalue weighted by Gasteiger charge is 2.31. The van der Waals surface area contributed by atoms with Crippen LogP contribution in [-0.2, 0) is 15.7 Å². The quantitative estimate of drug-likeness (QED) is 0.827. The fraction of sp³-hybridized carbons (Fsp3) is 0.467. The molecule has 134 valence electrons. The Labute approximate surface area is 135 Å². The highest BCUT2D eigenvalue weighted by molar-refractivity contribution is 5.85. The molecule has 24 heavy (non-hydrogen) atoms. The van der Waals surface area contributed by atoms with Gasteiger partial charge in [0.1, 0.15) is 23.8 Å². The lowest BCUT2D eigenvalue weighted by Gasteiger charge is -2.19. The lowest BCUT2D eigenvalue weighted by molar-refractivity contribution is -0.137. The Morgan fingerprint density at radius 1 is 1.12 bits per heavy atom. The number of hydrogen-bond acceptors (Lipinski definition) is 4. The van der Waals surface area contributed by atoms with E-state index in [0.29, 0.717) is 12.1 Å². The molecule has 0 saturated heterocycles. The van der Waals surface area contributed by atoms with E-state index in [-0.39, 0.29) is 0 Å². The van der Waals surface area contributed by atoms with E-state index in [1.807, 2.05) is 0 Å². The number of alkyl halides is 3. The van der Waals surface area contributed by atoms with Gasteiger partial charge in [-0.3, -0.25) is 4.79 Å². The standard InChI is InChI=1S/C15H17F4NO4/c1-14(2,3)24-13(22)20-7-11(21)8-23-12-5-9(15(17,18)19)4-10(16)6-12/h4-6H,7-8H2,1-3H3,(H,20,22). The van der Waals surface area contributed by atoms with Crippen molar-refractivity contribution in [1.29, 1.82) is 0 Å². The van der Waals surface area contributed by atoms with Crippen LogP contribution in [0, 0.1) is 5.82 Å². The molecule has 0 atom stereocenters. The molecule has 0 aromatic heterocycles. The summed E-state index contributed by atoms with van der Waals surface area (Å²) in [6, 6.07) is 1.63. The van der Waals surface area contributed by atoms with Gasteiger partial charge < -0.3 is 14.8 Å². The van der Waals surface area contributed by atoms with Crippen LogP contribution in [0.4, 0.5) is 22.4 Å². The van der Waals surface area contributed by atoms with Crippen molar-refractivity contribution in [3.05, 3.63) is 29.6 Å². The molecule has 1 N–H and O–H groups in total. The van der Waals surface area contributed by atoms with E-state index in [2.05, 4.69) is 5.32 Å². The van der Waals surface area contributed by atoms with Gasteiger partial charge in [-0.2, -0.15) is 13.2 Å². The number of ether oxygens (including phenoxy) is 2. The van der Waals surface area contributed by atoms with Gasteiger partial charge in [0.05, 0.1) is 12.1 Å². The molecule has 0 saturated carbocycles. The van der Waals surface area contributed by atoms with Crippen LogP contribution in [0.25, 0.3) is 0 Å². The van der Waals surface area contributed by atoms with Crippen LogP contribution in [0.2, 0.25) is 0 Å². The Hall–Kier alpha value is -2.32. The van der Waals surface area contributed by atoms with Crippen molar-refractivity contribution < 1.29 is 36.6 Å². The molecule has 1 rings (SSSR count). The molecular formula is C15H17F4NO4. The Kier molecular flexibility index (Phi) is 6.16. The second-order valence-corrected chi connectivity index (χ2v) is 5.86. The predicted octanol–water partition coefficient (Wildman–Crippen LogP) is 3.32. The summed E-state index contributed by atoms with van der Waals surface area (Å²) < 4.78 is 60.5. The number of ketones is 1. The largest absolute Gasteiger partial charge is 0.486 e. The summed E-state index contributed by atoms with van der Waals surface area (Å²) in [6.45, 7) is 3.85. The minimum absolute atomic E-state index is 0.318. The zero-order valence-corrected chi connectivity index (χ0v) is 13.3. The Balaban J connectivity index is 2.53. The van der Waals surface area contributed by atoms with Gasteiger partial charge in [-0.05, 0) is 32.9 Å². The van der Waals surface area contributed by atoms with E-state index >= 15 is 0 Å². The molecule has 0 unspecified atom stereocenters. The summed E-state index contributed by atoms with van der Waals surface area (Å²) in [5, 5.41) is 2.18. The molecule has 0 bridgehead atoms. The number of alkyl carbamates (subject to hydrolysis) is 1. The van der Waals surface area contributed by atoms with E-state index in [4.69, 9.17) is 9.47 Å². The van der Waals surface area contributed by atoms with Crippen molar-refractivity contribution >= 4 is 11.9 Å². The van der Waals surface area contributed by atoms with Gasteiger partial charge in [-0.15, -0.1) is 0 Å². The zero-order chi connectivity index (χ0) is 18.5. The second kappa shape index (κ2) is 7.50. The number of benzene rings is 1. The maximum Gasteiger partial charge on any atom is 0.416 e. The summed E-state index contributed by atoms with van der Waals surface area (Å²) >= 11 is 0. The first-order valence-electron chi connectivity index (χ1n) is 6.86. The van der Waals surface area contributed by atoms with E-state index in [1.54, 1.807) is 20.8 Å². The molecule has 0 aliphatic carbocycles. The lowest BCUT2D eigenvalue weighted by atomic mass is 10.2. The van der Waals surface area contributed by atoms with E-state index < -0.39 is 53.9 Å². The minimum atomic E-state index is -4.73. The van der Waals surface area contributed by atoms with Gasteiger partial charge in [0.25, 0.3) is 0 Å². The smallest absolute Gasteiger partial charge is 0.416 e. The first kappa shape index (κ1) is 19.7. The molecule has 0 heterocycles. The molecule has 0 radical (unpaired) electrons. The lowest BCUT2D eigenvalue weighted by Crippen LogP contribution is -2.36. The maximum atomic E-state index is 13.2. The molecule has 1 aromatic rings. The van der Waals surface area contributed by atoms with E-state index in [9.17, 15) is 27.2 Å². The molecule has 5 nitrogen and oxygen atoms in total. The topological polar surface area (TPSA) is 64.6 Å². The highest BCUT2D eigenvalue weighted by atomic mass is 19.4. The Morgan fingerprint density at radius 3 is 2.29 bits per heavy atom. The second-order valence-electron chi connectivity index (χ2n) is 5.86. The van der Waals surface area contributed by atoms with Crippen molar-refractivity contribution in [2.24, 2.45) is 0 Å². The van der Waals surface area contributed by atoms with Crippen molar-refractivity contribution in [3.63, 3.8) is 0 Å². The summed E-state index contributed by atoms with van der Waals surface area (Å²) in [7, 11) is 0. The van der Waals surface area contributed by atoms with Gasteiger partial charge >= 0.3 is 12.3 Å². The van der Waals surface area contributed by atoms with Crippen LogP contribution >= 0.6 is 0 Å². The molecule has 9 heteroatoms. The highest BCUT2D eigenvalue weighted by Crippen LogP contribution is 2.32. The van der Waals surface area contributed by atoms with Gasteiger partial charge in [0, 0.05) is 6.07 Å². The van der Waals surface area contributed by atoms with Crippen LogP contribution in [-0.4, -0.2) is 30.6 Å². The predicted molar refractivity (Wildman–Crippen MR) is 76.1 cm³/mol. The summed E-state index contributed by atoms with van der Waals surface area (Å²) in [4.78, 5) is 22.9. The summed E-state index contributed by atoms with van der Waals surface area (Å²) in [5.41, 5.74) is -1.96. The van der Waals surface area contributed by atoms with Gasteiger partial charge in [0.2, 0.25) is 0 Å². The van der Waals surface area contributed by atoms with Crippen molar-refractivity contribution in [3.8, 4) is 5.75 Å². The normalized spacial score (nSPS) is 11.8. The third-order valence-corrected chi connectivity index (χ3v) is 2.43. The van der Waals surface area contributed by atoms with E-state index in [1.165, 1.54) is 0 Å². The van der Waals surface area contributed by atoms with Crippen LogP contribution in [0.15, 0.2) is 18.2 Å². The zero-order valence-electron chi connectivity index (χ0n) is 13.3. The van der Waals surface area contributed by atoms with Crippen LogP contribution in [0.5, 0.6) is 5.75 Å². The van der Waals surface area contributed by atoms with Gasteiger partial charge in [-0.25, -0.2) is 9.18 Å². The van der Waals surface area contributed by atoms with Gasteiger partial charge in [0.15, 0.2) is 5.78 Å². The minimum Gasteiger partial charge on any atom is -0.486 e. The molecule has 0 aliphatic rings. The summed E-state index contributed by atoms with van der Waals surface area (Å²) in [6.07, 6.45) is -5.55. The monoisotopic (exact) mass is 351 g/mol. The van der Waals surface area contributed by atoms with Crippen LogP contribution < -0.4 is 10.1 Å². The van der Waals surface area contributed by atoms with E-state index in [0.717, 1.165) is 6.07 Å². The Bertz CT molecular complexity index is 608. The number of halogens is 4. The fourth-order valence-corrected chi connectivity index (χ4v) is 1.51. The first-order chi connectivity index (χ1) is 10.9. The summed E-state index contributed by atoms with van der Waals surface area (Å²) in [5.74, 6) is -2.20. The first-order valence-corrected chi connectivity index (χ1v) is 6.86. The van der Waals surface area contributed by atoms with Crippen LogP contribution in [0.3, 0.4) is 0 Å². The Morgan fingerprint density at radius 2 is 1.75 bits per heavy atom. The number of carbonyl (C=O) groups excluding carboxylic acids is 2. The van der Waals surface area contributed by atoms with Gasteiger partial charge in [-0.1, -0.05) is 0 Å². The third kappa shape index (κ3) is 7.30. The average molecular weight is 351 g/mol. The van der Waals surface area contributed by atoms with Crippen molar-refractivity contribution in [2.45, 2.75) is 32.5 Å². The number of Topliss-reactive ketones (excluding diaryl/α,β-unsaturated/α-hetero) is 1. The SMILES string of the molecule is CC(C)(C)OC(=O)NCC(=O)COc1cc(F)cc(C(F)(F)F)c1. The maximum absolute atomic E-state index is 13.2. The molecule has 0 fully saturated rings. The number of rotatable bonds is 5. The number of amides is 1. The third-order valence-electron chi connectivity index (χ3n) is 2.43. The van der Waals surface area contributed by atoms with Crippen LogP contribution in [0.1, 0.15) is 26.3 Å². The molecule has 1 amide bonds. The average Bonchev–Trinajstić information content (AvgIpc) is 2.39. The number of hydrogen-bond donors (Lipinski definition) is 1. The number of carbonyl (C=O) groups is 2. The molecule has 1 aromatic carbocycles. The molecule has 0 aliphatic heterocycles. The number of nitrogens with one attached hydrogen (secondary N) is 1. The fourth-order valence-electron chi connectivity index (χ4n) is 1.51. The molecule has 0 spiro atoms. The van der Waals surface area contributed by atoms with Crippen molar-refractivity contribution in [2.75, 3.05) is 13.2 Å².